The van der Waals surface area contributed by atoms with Crippen molar-refractivity contribution >= 4 is 21.6 Å². The lowest BCUT2D eigenvalue weighted by molar-refractivity contribution is 0.280. The molecule has 0 amide bonds. The summed E-state index contributed by atoms with van der Waals surface area (Å²) < 4.78 is 6.50. The third kappa shape index (κ3) is 3.41. The highest BCUT2D eigenvalue weighted by molar-refractivity contribution is 9.10. The first kappa shape index (κ1) is 13.7. The van der Waals surface area contributed by atoms with Crippen LogP contribution in [0.3, 0.4) is 0 Å². The summed E-state index contributed by atoms with van der Waals surface area (Å²) >= 11 is 3.52. The molecule has 1 N–H and O–H groups in total. The summed E-state index contributed by atoms with van der Waals surface area (Å²) in [5.74, 6) is 2.54. The summed E-state index contributed by atoms with van der Waals surface area (Å²) in [6.07, 6.45) is 3.85. The Morgan fingerprint density at radius 3 is 2.44 bits per heavy atom. The third-order valence-corrected chi connectivity index (χ3v) is 4.19. The summed E-state index contributed by atoms with van der Waals surface area (Å²) in [6, 6.07) is 6.67. The lowest BCUT2D eigenvalue weighted by Gasteiger charge is -2.33. The van der Waals surface area contributed by atoms with Crippen molar-refractivity contribution in [2.45, 2.75) is 39.2 Å². The number of anilines is 1. The maximum atomic E-state index is 5.41. The zero-order valence-corrected chi connectivity index (χ0v) is 13.0. The Labute approximate surface area is 118 Å². The van der Waals surface area contributed by atoms with Crippen molar-refractivity contribution in [3.8, 4) is 5.75 Å². The molecule has 100 valence electrons. The topological polar surface area (TPSA) is 21.3 Å². The summed E-state index contributed by atoms with van der Waals surface area (Å²) in [5.41, 5.74) is 1.10. The molecule has 0 saturated heterocycles. The Morgan fingerprint density at radius 2 is 1.83 bits per heavy atom. The number of nitrogens with one attached hydrogen (secondary N) is 1. The Morgan fingerprint density at radius 1 is 1.17 bits per heavy atom. The van der Waals surface area contributed by atoms with Crippen molar-refractivity contribution in [3.63, 3.8) is 0 Å². The monoisotopic (exact) mass is 311 g/mol. The van der Waals surface area contributed by atoms with E-state index in [4.69, 9.17) is 4.74 Å². The average Bonchev–Trinajstić information content (AvgIpc) is 2.27. The number of hydrogen-bond donors (Lipinski definition) is 1. The second kappa shape index (κ2) is 5.96. The second-order valence-electron chi connectivity index (χ2n) is 5.60. The van der Waals surface area contributed by atoms with Crippen molar-refractivity contribution in [3.05, 3.63) is 22.7 Å². The molecule has 2 atom stereocenters. The van der Waals surface area contributed by atoms with E-state index in [1.54, 1.807) is 7.11 Å². The number of benzene rings is 1. The minimum atomic E-state index is 0.562. The first-order chi connectivity index (χ1) is 8.58. The molecule has 1 saturated carbocycles. The Bertz CT molecular complexity index is 397. The van der Waals surface area contributed by atoms with E-state index in [0.717, 1.165) is 27.7 Å². The Kier molecular flexibility index (Phi) is 4.55. The molecule has 0 spiro atoms. The molecule has 1 aromatic rings. The highest BCUT2D eigenvalue weighted by atomic mass is 79.9. The van der Waals surface area contributed by atoms with Crippen molar-refractivity contribution in [2.75, 3.05) is 12.4 Å². The highest BCUT2D eigenvalue weighted by Gasteiger charge is 2.24. The van der Waals surface area contributed by atoms with Gasteiger partial charge in [-0.25, -0.2) is 0 Å². The number of rotatable bonds is 3. The molecule has 3 heteroatoms. The van der Waals surface area contributed by atoms with Gasteiger partial charge in [0.2, 0.25) is 0 Å². The molecule has 0 aromatic heterocycles. The average molecular weight is 312 g/mol. The van der Waals surface area contributed by atoms with Crippen LogP contribution in [0, 0.1) is 11.8 Å². The summed E-state index contributed by atoms with van der Waals surface area (Å²) in [5, 5.41) is 3.65. The SMILES string of the molecule is COc1ccc(Br)cc1NC1CC(C)CC(C)C1. The van der Waals surface area contributed by atoms with E-state index in [1.807, 2.05) is 12.1 Å². The predicted octanol–water partition coefficient (Wildman–Crippen LogP) is 4.69. The van der Waals surface area contributed by atoms with Crippen LogP contribution in [-0.4, -0.2) is 13.2 Å². The fraction of sp³-hybridized carbons (Fsp3) is 0.600. The molecular formula is C15H22BrNO. The van der Waals surface area contributed by atoms with Crippen molar-refractivity contribution < 1.29 is 4.74 Å². The van der Waals surface area contributed by atoms with Gasteiger partial charge in [0.05, 0.1) is 12.8 Å². The fourth-order valence-corrected chi connectivity index (χ4v) is 3.44. The number of halogens is 1. The zero-order valence-electron chi connectivity index (χ0n) is 11.4. The van der Waals surface area contributed by atoms with Gasteiger partial charge in [-0.3, -0.25) is 0 Å². The fourth-order valence-electron chi connectivity index (χ4n) is 3.08. The lowest BCUT2D eigenvalue weighted by Crippen LogP contribution is -2.30. The smallest absolute Gasteiger partial charge is 0.142 e. The normalized spacial score (nSPS) is 27.9. The van der Waals surface area contributed by atoms with Gasteiger partial charge in [0.15, 0.2) is 0 Å². The first-order valence-electron chi connectivity index (χ1n) is 6.68. The zero-order chi connectivity index (χ0) is 13.1. The maximum absolute atomic E-state index is 5.41. The number of hydrogen-bond acceptors (Lipinski definition) is 2. The van der Waals surface area contributed by atoms with Crippen LogP contribution in [0.1, 0.15) is 33.1 Å². The van der Waals surface area contributed by atoms with Crippen molar-refractivity contribution in [1.82, 2.24) is 0 Å². The molecule has 2 nitrogen and oxygen atoms in total. The Hall–Kier alpha value is -0.700. The molecule has 0 bridgehead atoms. The van der Waals surface area contributed by atoms with E-state index in [1.165, 1.54) is 19.3 Å². The predicted molar refractivity (Wildman–Crippen MR) is 80.3 cm³/mol. The lowest BCUT2D eigenvalue weighted by atomic mass is 9.80. The van der Waals surface area contributed by atoms with E-state index < -0.39 is 0 Å². The molecule has 2 unspecified atom stereocenters. The maximum Gasteiger partial charge on any atom is 0.142 e. The molecule has 0 aliphatic heterocycles. The molecular weight excluding hydrogens is 290 g/mol. The minimum Gasteiger partial charge on any atom is -0.495 e. The molecule has 1 aromatic carbocycles. The van der Waals surface area contributed by atoms with Gasteiger partial charge in [0.25, 0.3) is 0 Å². The number of ether oxygens (including phenoxy) is 1. The van der Waals surface area contributed by atoms with Crippen LogP contribution in [0.4, 0.5) is 5.69 Å². The van der Waals surface area contributed by atoms with Gasteiger partial charge in [-0.05, 0) is 49.3 Å². The summed E-state index contributed by atoms with van der Waals surface area (Å²) in [7, 11) is 1.72. The van der Waals surface area contributed by atoms with E-state index in [-0.39, 0.29) is 0 Å². The van der Waals surface area contributed by atoms with Crippen LogP contribution >= 0.6 is 15.9 Å². The summed E-state index contributed by atoms with van der Waals surface area (Å²) in [4.78, 5) is 0. The van der Waals surface area contributed by atoms with Gasteiger partial charge in [0.1, 0.15) is 5.75 Å². The molecule has 18 heavy (non-hydrogen) atoms. The van der Waals surface area contributed by atoms with Crippen LogP contribution in [0.5, 0.6) is 5.75 Å². The van der Waals surface area contributed by atoms with E-state index in [0.29, 0.717) is 6.04 Å². The van der Waals surface area contributed by atoms with Gasteiger partial charge in [-0.15, -0.1) is 0 Å². The number of methoxy groups -OCH3 is 1. The third-order valence-electron chi connectivity index (χ3n) is 3.70. The highest BCUT2D eigenvalue weighted by Crippen LogP contribution is 2.34. The van der Waals surface area contributed by atoms with Crippen LogP contribution in [-0.2, 0) is 0 Å². The van der Waals surface area contributed by atoms with Gasteiger partial charge in [-0.1, -0.05) is 29.8 Å². The van der Waals surface area contributed by atoms with Crippen LogP contribution in [0.15, 0.2) is 22.7 Å². The summed E-state index contributed by atoms with van der Waals surface area (Å²) in [6.45, 7) is 4.70. The molecule has 0 heterocycles. The minimum absolute atomic E-state index is 0.562. The quantitative estimate of drug-likeness (QED) is 0.874. The van der Waals surface area contributed by atoms with Gasteiger partial charge >= 0.3 is 0 Å². The first-order valence-corrected chi connectivity index (χ1v) is 7.48. The molecule has 2 rings (SSSR count). The van der Waals surface area contributed by atoms with Gasteiger partial charge in [-0.2, -0.15) is 0 Å². The Balaban J connectivity index is 2.10. The molecule has 0 radical (unpaired) electrons. The van der Waals surface area contributed by atoms with Gasteiger partial charge in [0, 0.05) is 10.5 Å². The molecule has 1 fully saturated rings. The van der Waals surface area contributed by atoms with E-state index >= 15 is 0 Å². The van der Waals surface area contributed by atoms with Gasteiger partial charge < -0.3 is 10.1 Å². The molecule has 1 aliphatic carbocycles. The molecule has 1 aliphatic rings. The van der Waals surface area contributed by atoms with Crippen molar-refractivity contribution in [2.24, 2.45) is 11.8 Å². The van der Waals surface area contributed by atoms with E-state index in [9.17, 15) is 0 Å². The van der Waals surface area contributed by atoms with Crippen LogP contribution in [0.25, 0.3) is 0 Å². The van der Waals surface area contributed by atoms with E-state index in [2.05, 4.69) is 41.2 Å². The van der Waals surface area contributed by atoms with Crippen LogP contribution in [0.2, 0.25) is 0 Å². The standard InChI is InChI=1S/C15H22BrNO/c1-10-6-11(2)8-13(7-10)17-14-9-12(16)4-5-15(14)18-3/h4-5,9-11,13,17H,6-8H2,1-3H3. The second-order valence-corrected chi connectivity index (χ2v) is 6.52. The van der Waals surface area contributed by atoms with Crippen molar-refractivity contribution in [1.29, 1.82) is 0 Å². The van der Waals surface area contributed by atoms with Crippen LogP contribution < -0.4 is 10.1 Å². The largest absolute Gasteiger partial charge is 0.495 e.